The Bertz CT molecular complexity index is 967. The Labute approximate surface area is 154 Å². The third kappa shape index (κ3) is 3.26. The van der Waals surface area contributed by atoms with Gasteiger partial charge in [-0.05, 0) is 36.6 Å². The van der Waals surface area contributed by atoms with Crippen molar-refractivity contribution >= 4 is 44.5 Å². The van der Waals surface area contributed by atoms with Crippen LogP contribution < -0.4 is 5.73 Å². The van der Waals surface area contributed by atoms with E-state index in [2.05, 4.69) is 10.9 Å². The molecule has 2 aromatic rings. The number of guanidine groups is 1. The van der Waals surface area contributed by atoms with E-state index in [9.17, 15) is 13.0 Å². The second-order valence-corrected chi connectivity index (χ2v) is 9.94. The SMILES string of the molecule is C=S1(=O)C[C@@](C)(c2sc(-c3cc(F)cc(F)c3)cc2Cl)N=C(N)N1C. The highest BCUT2D eigenvalue weighted by Crippen LogP contribution is 2.44. The van der Waals surface area contributed by atoms with E-state index < -0.39 is 26.9 Å². The van der Waals surface area contributed by atoms with Crippen molar-refractivity contribution in [2.45, 2.75) is 12.5 Å². The number of rotatable bonds is 2. The molecule has 134 valence electrons. The Hall–Kier alpha value is -1.64. The quantitative estimate of drug-likeness (QED) is 0.781. The summed E-state index contributed by atoms with van der Waals surface area (Å²) in [6.45, 7) is 1.77. The zero-order valence-electron chi connectivity index (χ0n) is 13.6. The molecule has 1 aliphatic rings. The van der Waals surface area contributed by atoms with E-state index in [1.54, 1.807) is 20.0 Å². The van der Waals surface area contributed by atoms with Crippen molar-refractivity contribution in [3.63, 3.8) is 0 Å². The van der Waals surface area contributed by atoms with Gasteiger partial charge in [0.2, 0.25) is 5.96 Å². The van der Waals surface area contributed by atoms with Crippen LogP contribution in [-0.4, -0.2) is 33.1 Å². The molecule has 9 heteroatoms. The van der Waals surface area contributed by atoms with E-state index in [0.717, 1.165) is 6.07 Å². The maximum Gasteiger partial charge on any atom is 0.203 e. The van der Waals surface area contributed by atoms with Gasteiger partial charge < -0.3 is 5.73 Å². The smallest absolute Gasteiger partial charge is 0.203 e. The maximum atomic E-state index is 13.5. The fraction of sp³-hybridized carbons (Fsp3) is 0.250. The lowest BCUT2D eigenvalue weighted by Gasteiger charge is -2.36. The highest BCUT2D eigenvalue weighted by molar-refractivity contribution is 7.98. The number of hydrogen-bond acceptors (Lipinski definition) is 4. The number of nitrogens with two attached hydrogens (primary N) is 1. The Morgan fingerprint density at radius 2 is 1.96 bits per heavy atom. The minimum absolute atomic E-state index is 0.108. The van der Waals surface area contributed by atoms with Gasteiger partial charge in [0.15, 0.2) is 0 Å². The third-order valence-electron chi connectivity index (χ3n) is 4.01. The zero-order chi connectivity index (χ0) is 18.6. The molecule has 25 heavy (non-hydrogen) atoms. The minimum atomic E-state index is -2.65. The van der Waals surface area contributed by atoms with Crippen LogP contribution in [0, 0.1) is 11.6 Å². The summed E-state index contributed by atoms with van der Waals surface area (Å²) in [5.41, 5.74) is 5.34. The first-order chi connectivity index (χ1) is 11.5. The molecule has 0 radical (unpaired) electrons. The van der Waals surface area contributed by atoms with Gasteiger partial charge in [-0.15, -0.1) is 11.3 Å². The number of thiophene rings is 1. The number of nitrogens with zero attached hydrogens (tertiary/aromatic N) is 2. The average molecular weight is 404 g/mol. The van der Waals surface area contributed by atoms with Crippen molar-refractivity contribution in [3.05, 3.63) is 45.8 Å². The minimum Gasteiger partial charge on any atom is -0.369 e. The molecule has 0 amide bonds. The van der Waals surface area contributed by atoms with Crippen molar-refractivity contribution in [1.29, 1.82) is 0 Å². The molecule has 0 saturated carbocycles. The summed E-state index contributed by atoms with van der Waals surface area (Å²) in [6.07, 6.45) is 0. The second kappa shape index (κ2) is 5.96. The first kappa shape index (κ1) is 18.2. The molecule has 2 heterocycles. The van der Waals surface area contributed by atoms with Gasteiger partial charge in [0, 0.05) is 18.0 Å². The molecule has 0 saturated heterocycles. The van der Waals surface area contributed by atoms with Gasteiger partial charge in [0.1, 0.15) is 17.2 Å². The summed E-state index contributed by atoms with van der Waals surface area (Å²) in [4.78, 5) is 5.66. The standard InChI is InChI=1S/C16H16ClF2N3OS2/c1-16(8-25(3,23)22(2)15(20)21-16)14-12(17)7-13(24-14)9-4-10(18)6-11(19)5-9/h4-7H,3,8H2,1-2H3,(H2,20,21)/t16-,25?/m0/s1. The Kier molecular flexibility index (Phi) is 4.33. The van der Waals surface area contributed by atoms with Crippen molar-refractivity contribution in [1.82, 2.24) is 4.31 Å². The van der Waals surface area contributed by atoms with Crippen LogP contribution in [0.1, 0.15) is 11.8 Å². The van der Waals surface area contributed by atoms with E-state index in [0.29, 0.717) is 20.3 Å². The van der Waals surface area contributed by atoms with Crippen LogP contribution in [0.3, 0.4) is 0 Å². The van der Waals surface area contributed by atoms with Crippen LogP contribution in [0.2, 0.25) is 5.02 Å². The van der Waals surface area contributed by atoms with Gasteiger partial charge in [0.25, 0.3) is 0 Å². The highest BCUT2D eigenvalue weighted by Gasteiger charge is 2.39. The van der Waals surface area contributed by atoms with Gasteiger partial charge in [-0.25, -0.2) is 18.0 Å². The normalized spacial score (nSPS) is 26.6. The summed E-state index contributed by atoms with van der Waals surface area (Å²) in [5, 5.41) is 0.378. The molecule has 1 unspecified atom stereocenters. The number of hydrogen-bond donors (Lipinski definition) is 1. The summed E-state index contributed by atoms with van der Waals surface area (Å²) in [5.74, 6) is 2.65. The Balaban J connectivity index is 2.12. The van der Waals surface area contributed by atoms with Crippen LogP contribution in [0.4, 0.5) is 8.78 Å². The molecular formula is C16H16ClF2N3OS2. The van der Waals surface area contributed by atoms with Gasteiger partial charge in [-0.2, -0.15) is 0 Å². The highest BCUT2D eigenvalue weighted by atomic mass is 35.5. The predicted molar refractivity (Wildman–Crippen MR) is 102 cm³/mol. The van der Waals surface area contributed by atoms with E-state index in [4.69, 9.17) is 17.3 Å². The lowest BCUT2D eigenvalue weighted by molar-refractivity contribution is 0.522. The van der Waals surface area contributed by atoms with Crippen LogP contribution in [-0.2, 0) is 15.2 Å². The number of aliphatic imine (C=N–C) groups is 1. The third-order valence-corrected chi connectivity index (χ3v) is 8.06. The van der Waals surface area contributed by atoms with Crippen molar-refractivity contribution < 1.29 is 13.0 Å². The van der Waals surface area contributed by atoms with Crippen LogP contribution in [0.15, 0.2) is 29.3 Å². The molecule has 2 atom stereocenters. The molecule has 4 nitrogen and oxygen atoms in total. The zero-order valence-corrected chi connectivity index (χ0v) is 15.9. The van der Waals surface area contributed by atoms with Gasteiger partial charge >= 0.3 is 0 Å². The maximum absolute atomic E-state index is 13.5. The molecule has 1 aromatic carbocycles. The molecule has 0 spiro atoms. The largest absolute Gasteiger partial charge is 0.369 e. The molecule has 0 fully saturated rings. The molecule has 2 N–H and O–H groups in total. The lowest BCUT2D eigenvalue weighted by atomic mass is 10.0. The average Bonchev–Trinajstić information content (AvgIpc) is 2.86. The summed E-state index contributed by atoms with van der Waals surface area (Å²) in [7, 11) is -1.07. The topological polar surface area (TPSA) is 58.7 Å². The monoisotopic (exact) mass is 403 g/mol. The molecule has 0 aliphatic carbocycles. The van der Waals surface area contributed by atoms with Crippen molar-refractivity contribution in [2.24, 2.45) is 10.7 Å². The first-order valence-corrected chi connectivity index (χ1v) is 10.3. The predicted octanol–water partition coefficient (Wildman–Crippen LogP) is 3.45. The summed E-state index contributed by atoms with van der Waals surface area (Å²) >= 11 is 7.60. The molecule has 0 bridgehead atoms. The fourth-order valence-electron chi connectivity index (χ4n) is 2.75. The van der Waals surface area contributed by atoms with Crippen LogP contribution in [0.5, 0.6) is 0 Å². The molecule has 1 aromatic heterocycles. The van der Waals surface area contributed by atoms with Gasteiger partial charge in [0.05, 0.1) is 25.4 Å². The van der Waals surface area contributed by atoms with Crippen LogP contribution in [0.25, 0.3) is 10.4 Å². The number of benzene rings is 1. The van der Waals surface area contributed by atoms with Crippen molar-refractivity contribution in [2.75, 3.05) is 12.8 Å². The van der Waals surface area contributed by atoms with E-state index in [-0.39, 0.29) is 11.7 Å². The molecule has 1 aliphatic heterocycles. The molecule has 3 rings (SSSR count). The van der Waals surface area contributed by atoms with Crippen LogP contribution >= 0.6 is 22.9 Å². The lowest BCUT2D eigenvalue weighted by Crippen LogP contribution is -2.50. The van der Waals surface area contributed by atoms with Crippen molar-refractivity contribution in [3.8, 4) is 10.4 Å². The van der Waals surface area contributed by atoms with E-state index in [1.165, 1.54) is 27.8 Å². The summed E-state index contributed by atoms with van der Waals surface area (Å²) < 4.78 is 41.1. The van der Waals surface area contributed by atoms with E-state index >= 15 is 0 Å². The number of halogens is 3. The Morgan fingerprint density at radius 3 is 2.52 bits per heavy atom. The first-order valence-electron chi connectivity index (χ1n) is 7.22. The fourth-order valence-corrected chi connectivity index (χ4v) is 6.13. The Morgan fingerprint density at radius 1 is 1.36 bits per heavy atom. The van der Waals surface area contributed by atoms with E-state index in [1.807, 2.05) is 0 Å². The summed E-state index contributed by atoms with van der Waals surface area (Å²) in [6, 6.07) is 4.89. The molecular weight excluding hydrogens is 388 g/mol. The van der Waals surface area contributed by atoms with Gasteiger partial charge in [-0.1, -0.05) is 11.6 Å². The van der Waals surface area contributed by atoms with Gasteiger partial charge in [-0.3, -0.25) is 4.31 Å². The second-order valence-electron chi connectivity index (χ2n) is 6.10.